The van der Waals surface area contributed by atoms with E-state index in [1.165, 1.54) is 18.2 Å². The van der Waals surface area contributed by atoms with Gasteiger partial charge < -0.3 is 5.32 Å². The van der Waals surface area contributed by atoms with Crippen LogP contribution in [0.4, 0.5) is 8.78 Å². The lowest BCUT2D eigenvalue weighted by Gasteiger charge is -2.20. The van der Waals surface area contributed by atoms with Gasteiger partial charge >= 0.3 is 0 Å². The predicted octanol–water partition coefficient (Wildman–Crippen LogP) is 4.24. The first-order chi connectivity index (χ1) is 9.04. The average Bonchev–Trinajstić information content (AvgIpc) is 2.37. The van der Waals surface area contributed by atoms with Crippen LogP contribution in [-0.4, -0.2) is 7.05 Å². The van der Waals surface area contributed by atoms with Crippen molar-refractivity contribution in [3.63, 3.8) is 0 Å². The van der Waals surface area contributed by atoms with E-state index in [2.05, 4.69) is 5.32 Å². The maximum Gasteiger partial charge on any atom is 0.142 e. The van der Waals surface area contributed by atoms with E-state index in [0.29, 0.717) is 5.56 Å². The van der Waals surface area contributed by atoms with E-state index >= 15 is 0 Å². The summed E-state index contributed by atoms with van der Waals surface area (Å²) < 4.78 is 26.7. The van der Waals surface area contributed by atoms with Crippen molar-refractivity contribution in [1.29, 1.82) is 0 Å². The Morgan fingerprint density at radius 3 is 2.47 bits per heavy atom. The van der Waals surface area contributed by atoms with Gasteiger partial charge in [-0.15, -0.1) is 0 Å². The highest BCUT2D eigenvalue weighted by molar-refractivity contribution is 6.31. The molecule has 1 nitrogen and oxygen atoms in total. The molecule has 2 rings (SSSR count). The Morgan fingerprint density at radius 1 is 1.11 bits per heavy atom. The first-order valence-corrected chi connectivity index (χ1v) is 6.29. The third kappa shape index (κ3) is 2.77. The van der Waals surface area contributed by atoms with Gasteiger partial charge in [-0.25, -0.2) is 8.78 Å². The van der Waals surface area contributed by atoms with Crippen molar-refractivity contribution in [3.8, 4) is 0 Å². The number of hydrogen-bond donors (Lipinski definition) is 1. The molecule has 1 unspecified atom stereocenters. The molecule has 0 saturated heterocycles. The van der Waals surface area contributed by atoms with Gasteiger partial charge in [0.05, 0.1) is 11.1 Å². The first kappa shape index (κ1) is 14.0. The fourth-order valence-corrected chi connectivity index (χ4v) is 2.42. The van der Waals surface area contributed by atoms with Gasteiger partial charge in [0.15, 0.2) is 0 Å². The summed E-state index contributed by atoms with van der Waals surface area (Å²) in [4.78, 5) is 0. The van der Waals surface area contributed by atoms with E-state index in [0.717, 1.165) is 11.1 Å². The zero-order chi connectivity index (χ0) is 14.0. The van der Waals surface area contributed by atoms with Crippen LogP contribution in [0, 0.1) is 18.6 Å². The monoisotopic (exact) mass is 281 g/mol. The average molecular weight is 282 g/mol. The SMILES string of the molecule is CNC(c1ccc(F)cc1C)c1cccc(F)c1Cl. The zero-order valence-corrected chi connectivity index (χ0v) is 11.4. The minimum atomic E-state index is -0.459. The number of hydrogen-bond acceptors (Lipinski definition) is 1. The van der Waals surface area contributed by atoms with Crippen molar-refractivity contribution in [2.75, 3.05) is 7.05 Å². The van der Waals surface area contributed by atoms with Crippen LogP contribution < -0.4 is 5.32 Å². The van der Waals surface area contributed by atoms with Crippen molar-refractivity contribution in [2.45, 2.75) is 13.0 Å². The molecule has 100 valence electrons. The van der Waals surface area contributed by atoms with E-state index in [1.54, 1.807) is 25.2 Å². The quantitative estimate of drug-likeness (QED) is 0.887. The summed E-state index contributed by atoms with van der Waals surface area (Å²) in [5.41, 5.74) is 2.30. The molecule has 19 heavy (non-hydrogen) atoms. The molecule has 0 heterocycles. The molecule has 1 atom stereocenters. The van der Waals surface area contributed by atoms with Gasteiger partial charge in [-0.2, -0.15) is 0 Å². The van der Waals surface area contributed by atoms with Crippen LogP contribution in [-0.2, 0) is 0 Å². The molecule has 0 radical (unpaired) electrons. The van der Waals surface area contributed by atoms with Crippen LogP contribution in [0.1, 0.15) is 22.7 Å². The molecule has 0 aliphatic rings. The van der Waals surface area contributed by atoms with Gasteiger partial charge in [-0.1, -0.05) is 29.8 Å². The molecule has 0 spiro atoms. The zero-order valence-electron chi connectivity index (χ0n) is 10.7. The summed E-state index contributed by atoms with van der Waals surface area (Å²) in [5, 5.41) is 3.18. The lowest BCUT2D eigenvalue weighted by molar-refractivity contribution is 0.612. The molecule has 0 fully saturated rings. The fraction of sp³-hybridized carbons (Fsp3) is 0.200. The topological polar surface area (TPSA) is 12.0 Å². The maximum absolute atomic E-state index is 13.5. The Morgan fingerprint density at radius 2 is 1.84 bits per heavy atom. The predicted molar refractivity (Wildman–Crippen MR) is 73.4 cm³/mol. The Labute approximate surface area is 116 Å². The second-order valence-corrected chi connectivity index (χ2v) is 4.74. The second-order valence-electron chi connectivity index (χ2n) is 4.37. The smallest absolute Gasteiger partial charge is 0.142 e. The largest absolute Gasteiger partial charge is 0.309 e. The Hall–Kier alpha value is -1.45. The van der Waals surface area contributed by atoms with Crippen molar-refractivity contribution in [3.05, 3.63) is 69.7 Å². The normalized spacial score (nSPS) is 12.5. The lowest BCUT2D eigenvalue weighted by Crippen LogP contribution is -2.19. The van der Waals surface area contributed by atoms with Crippen LogP contribution in [0.2, 0.25) is 5.02 Å². The van der Waals surface area contributed by atoms with Gasteiger partial charge in [0.25, 0.3) is 0 Å². The van der Waals surface area contributed by atoms with Crippen molar-refractivity contribution >= 4 is 11.6 Å². The molecule has 0 saturated carbocycles. The number of halogens is 3. The fourth-order valence-electron chi connectivity index (χ4n) is 2.18. The summed E-state index contributed by atoms with van der Waals surface area (Å²) in [6.07, 6.45) is 0. The molecule has 0 amide bonds. The van der Waals surface area contributed by atoms with Crippen molar-refractivity contribution in [1.82, 2.24) is 5.32 Å². The van der Waals surface area contributed by atoms with Crippen LogP contribution in [0.25, 0.3) is 0 Å². The summed E-state index contributed by atoms with van der Waals surface area (Å²) in [7, 11) is 1.76. The molecule has 2 aromatic carbocycles. The number of benzene rings is 2. The Bertz CT molecular complexity index is 599. The Kier molecular flexibility index (Phi) is 4.17. The molecular formula is C15H14ClF2N. The van der Waals surface area contributed by atoms with Gasteiger partial charge in [-0.3, -0.25) is 0 Å². The number of rotatable bonds is 3. The second kappa shape index (κ2) is 5.68. The van der Waals surface area contributed by atoms with Gasteiger partial charge in [0, 0.05) is 0 Å². The third-order valence-electron chi connectivity index (χ3n) is 3.12. The lowest BCUT2D eigenvalue weighted by atomic mass is 9.95. The molecular weight excluding hydrogens is 268 g/mol. The summed E-state index contributed by atoms with van der Waals surface area (Å²) in [5.74, 6) is -0.749. The van der Waals surface area contributed by atoms with Crippen LogP contribution in [0.3, 0.4) is 0 Å². The Balaban J connectivity index is 2.53. The summed E-state index contributed by atoms with van der Waals surface area (Å²) in [6, 6.07) is 8.94. The number of nitrogens with one attached hydrogen (secondary N) is 1. The highest BCUT2D eigenvalue weighted by atomic mass is 35.5. The van der Waals surface area contributed by atoms with Gasteiger partial charge in [0.2, 0.25) is 0 Å². The first-order valence-electron chi connectivity index (χ1n) is 5.92. The van der Waals surface area contributed by atoms with Crippen LogP contribution >= 0.6 is 11.6 Å². The minimum Gasteiger partial charge on any atom is -0.309 e. The van der Waals surface area contributed by atoms with E-state index in [1.807, 2.05) is 6.92 Å². The minimum absolute atomic E-state index is 0.0885. The van der Waals surface area contributed by atoms with E-state index in [9.17, 15) is 8.78 Å². The van der Waals surface area contributed by atoms with E-state index in [-0.39, 0.29) is 16.9 Å². The highest BCUT2D eigenvalue weighted by Crippen LogP contribution is 2.31. The van der Waals surface area contributed by atoms with E-state index in [4.69, 9.17) is 11.6 Å². The maximum atomic E-state index is 13.5. The van der Waals surface area contributed by atoms with Crippen molar-refractivity contribution in [2.24, 2.45) is 0 Å². The van der Waals surface area contributed by atoms with Gasteiger partial charge in [0.1, 0.15) is 11.6 Å². The number of aryl methyl sites for hydroxylation is 1. The molecule has 0 aliphatic heterocycles. The molecule has 0 aromatic heterocycles. The molecule has 0 aliphatic carbocycles. The highest BCUT2D eigenvalue weighted by Gasteiger charge is 2.19. The summed E-state index contributed by atoms with van der Waals surface area (Å²) >= 11 is 6.01. The third-order valence-corrected chi connectivity index (χ3v) is 3.52. The van der Waals surface area contributed by atoms with E-state index < -0.39 is 5.82 Å². The molecule has 4 heteroatoms. The van der Waals surface area contributed by atoms with Crippen molar-refractivity contribution < 1.29 is 8.78 Å². The standard InChI is InChI=1S/C15H14ClF2N/c1-9-8-10(17)6-7-11(9)15(19-2)12-4-3-5-13(18)14(12)16/h3-8,15,19H,1-2H3. The van der Waals surface area contributed by atoms with Crippen LogP contribution in [0.15, 0.2) is 36.4 Å². The molecule has 0 bridgehead atoms. The summed E-state index contributed by atoms with van der Waals surface area (Å²) in [6.45, 7) is 1.82. The molecule has 1 N–H and O–H groups in total. The molecule has 2 aromatic rings. The van der Waals surface area contributed by atoms with Gasteiger partial charge in [-0.05, 0) is 48.9 Å². The van der Waals surface area contributed by atoms with Crippen LogP contribution in [0.5, 0.6) is 0 Å².